The number of nitrogens with one attached hydrogen (secondary N) is 1. The van der Waals surface area contributed by atoms with E-state index < -0.39 is 60.5 Å². The largest absolute Gasteiger partial charge is 0.501 e. The number of aromatic nitrogens is 1. The highest BCUT2D eigenvalue weighted by molar-refractivity contribution is 7.99. The molecule has 78 heavy (non-hydrogen) atoms. The van der Waals surface area contributed by atoms with Crippen molar-refractivity contribution in [2.24, 2.45) is 12.8 Å². The number of aliphatic hydroxyl groups is 2. The Bertz CT molecular complexity index is 3290. The number of benzene rings is 5. The van der Waals surface area contributed by atoms with Crippen LogP contribution in [0.5, 0.6) is 0 Å². The van der Waals surface area contributed by atoms with Crippen LogP contribution in [0, 0.1) is 6.92 Å². The number of hydrogen-bond donors (Lipinski definition) is 4. The summed E-state index contributed by atoms with van der Waals surface area (Å²) in [6.45, 7) is 6.07. The van der Waals surface area contributed by atoms with Crippen molar-refractivity contribution < 1.29 is 45.0 Å². The summed E-state index contributed by atoms with van der Waals surface area (Å²) in [6, 6.07) is 33.2. The number of alkyl halides is 3. The number of sulfonamides is 1. The summed E-state index contributed by atoms with van der Waals surface area (Å²) < 4.78 is 105. The molecule has 0 bridgehead atoms. The topological polar surface area (TPSA) is 182 Å². The molecular weight excluding hydrogens is 1080 g/mol. The molecule has 14 nitrogen and oxygen atoms in total. The number of piperidine rings is 1. The average molecular weight is 1150 g/mol. The molecule has 1 atom stereocenters. The number of aliphatic hydroxyl groups excluding tert-OH is 2. The number of piperazine rings is 1. The number of nitrogens with zero attached hydrogens (tertiary/aromatic N) is 5. The summed E-state index contributed by atoms with van der Waals surface area (Å²) in [7, 11) is -8.70. The van der Waals surface area contributed by atoms with Crippen molar-refractivity contribution in [1.82, 2.24) is 9.47 Å². The Labute approximate surface area is 464 Å². The van der Waals surface area contributed by atoms with E-state index in [4.69, 9.17) is 17.3 Å². The van der Waals surface area contributed by atoms with Gasteiger partial charge in [-0.2, -0.15) is 13.2 Å². The number of carbonyl (C=O) groups is 1. The van der Waals surface area contributed by atoms with Crippen molar-refractivity contribution in [1.29, 1.82) is 0 Å². The van der Waals surface area contributed by atoms with Crippen molar-refractivity contribution in [2.75, 3.05) is 71.0 Å². The number of thioether (sulfide) groups is 1. The Balaban J connectivity index is 0.966. The minimum Gasteiger partial charge on any atom is -0.393 e. The molecule has 416 valence electrons. The molecule has 1 amide bonds. The average Bonchev–Trinajstić information content (AvgIpc) is 3.86. The predicted octanol–water partition coefficient (Wildman–Crippen LogP) is 9.96. The van der Waals surface area contributed by atoms with Gasteiger partial charge in [-0.15, -0.1) is 11.8 Å². The molecule has 3 fully saturated rings. The van der Waals surface area contributed by atoms with Gasteiger partial charge in [0, 0.05) is 103 Å². The fraction of sp³-hybridized carbons (Fsp3) is 0.386. The van der Waals surface area contributed by atoms with Crippen LogP contribution in [0.2, 0.25) is 5.02 Å². The highest BCUT2D eigenvalue weighted by atomic mass is 35.5. The van der Waals surface area contributed by atoms with E-state index in [1.165, 1.54) is 36.0 Å². The van der Waals surface area contributed by atoms with Crippen LogP contribution in [0.4, 0.5) is 35.9 Å². The van der Waals surface area contributed by atoms with E-state index in [2.05, 4.69) is 26.1 Å². The third-order valence-electron chi connectivity index (χ3n) is 15.3. The van der Waals surface area contributed by atoms with Gasteiger partial charge in [-0.1, -0.05) is 54.1 Å². The number of amides is 1. The third kappa shape index (κ3) is 12.5. The quantitative estimate of drug-likeness (QED) is 0.0599. The Hall–Kier alpha value is -5.74. The number of rotatable bonds is 18. The van der Waals surface area contributed by atoms with Gasteiger partial charge in [0.2, 0.25) is 0 Å². The Morgan fingerprint density at radius 1 is 0.769 bits per heavy atom. The summed E-state index contributed by atoms with van der Waals surface area (Å²) in [6.07, 6.45) is 1.37. The van der Waals surface area contributed by atoms with Crippen LogP contribution in [-0.4, -0.2) is 124 Å². The van der Waals surface area contributed by atoms with Gasteiger partial charge in [-0.3, -0.25) is 9.10 Å². The lowest BCUT2D eigenvalue weighted by Gasteiger charge is -2.38. The first-order chi connectivity index (χ1) is 37.2. The van der Waals surface area contributed by atoms with Gasteiger partial charge in [0.05, 0.1) is 39.7 Å². The number of primary amides is 1. The Morgan fingerprint density at radius 2 is 1.40 bits per heavy atom. The summed E-state index contributed by atoms with van der Waals surface area (Å²) >= 11 is 7.71. The molecule has 1 saturated carbocycles. The van der Waals surface area contributed by atoms with Gasteiger partial charge in [0.1, 0.15) is 4.90 Å². The second-order valence-corrected chi connectivity index (χ2v) is 25.6. The van der Waals surface area contributed by atoms with Crippen LogP contribution >= 0.6 is 23.4 Å². The first-order valence-electron chi connectivity index (χ1n) is 26.2. The first kappa shape index (κ1) is 57.0. The standard InChI is InChI=1S/C57H65ClF3N7O7S3/c1-38-53(56(62)71)54(55(64(38)2)39-11-13-41(58)14-12-39)40-7-6-8-45(35-40)67-33-31-66(32-34-67)43-17-22-50(23-18-43)78(74,75)68(44-15-20-47(69)21-16-44)46-19-24-51(52(36-46)77(72,73)57(59,60)61)63-42(37-76-49-9-4-3-5-10-49)25-28-65-29-26-48(70)27-30-65/h3-14,17-19,22-24,35-36,42,44,47-48,63,69-70H,15-16,20-21,25-34,37H2,1-2H3,(H2,62,71)/t42-,44?,47?/m1/s1. The number of nitrogens with two attached hydrogens (primary N) is 1. The second-order valence-electron chi connectivity index (χ2n) is 20.4. The number of anilines is 4. The Morgan fingerprint density at radius 3 is 2.03 bits per heavy atom. The number of halogens is 4. The van der Waals surface area contributed by atoms with Crippen molar-refractivity contribution in [3.63, 3.8) is 0 Å². The monoisotopic (exact) mass is 1150 g/mol. The molecule has 2 aliphatic heterocycles. The van der Waals surface area contributed by atoms with E-state index in [0.29, 0.717) is 81.4 Å². The maximum atomic E-state index is 15.0. The number of likely N-dealkylation sites (tertiary alicyclic amines) is 1. The molecule has 5 N–H and O–H groups in total. The molecule has 3 heterocycles. The van der Waals surface area contributed by atoms with E-state index in [0.717, 1.165) is 54.7 Å². The summed E-state index contributed by atoms with van der Waals surface area (Å²) in [5.41, 5.74) is 5.85. The van der Waals surface area contributed by atoms with Crippen LogP contribution in [0.15, 0.2) is 136 Å². The zero-order valence-electron chi connectivity index (χ0n) is 43.4. The molecule has 6 aromatic rings. The maximum absolute atomic E-state index is 15.0. The maximum Gasteiger partial charge on any atom is 0.501 e. The van der Waals surface area contributed by atoms with Crippen molar-refractivity contribution in [3.05, 3.63) is 138 Å². The molecule has 0 radical (unpaired) electrons. The highest BCUT2D eigenvalue weighted by Crippen LogP contribution is 2.43. The van der Waals surface area contributed by atoms with Crippen molar-refractivity contribution >= 4 is 71.9 Å². The minimum absolute atomic E-state index is 0.136. The molecule has 0 unspecified atom stereocenters. The molecule has 2 saturated heterocycles. The molecule has 3 aliphatic rings. The lowest BCUT2D eigenvalue weighted by atomic mass is 9.93. The smallest absolute Gasteiger partial charge is 0.393 e. The van der Waals surface area contributed by atoms with Crippen LogP contribution in [0.3, 0.4) is 0 Å². The molecule has 1 aliphatic carbocycles. The van der Waals surface area contributed by atoms with E-state index >= 15 is 8.42 Å². The lowest BCUT2D eigenvalue weighted by Crippen LogP contribution is -2.46. The fourth-order valence-electron chi connectivity index (χ4n) is 10.9. The lowest BCUT2D eigenvalue weighted by molar-refractivity contribution is -0.0435. The van der Waals surface area contributed by atoms with Gasteiger partial charge in [-0.25, -0.2) is 16.8 Å². The van der Waals surface area contributed by atoms with Crippen LogP contribution in [-0.2, 0) is 26.9 Å². The first-order valence-corrected chi connectivity index (χ1v) is 30.5. The van der Waals surface area contributed by atoms with E-state index in [-0.39, 0.29) is 42.0 Å². The van der Waals surface area contributed by atoms with Crippen LogP contribution < -0.4 is 25.2 Å². The summed E-state index contributed by atoms with van der Waals surface area (Å²) in [5, 5.41) is 24.3. The van der Waals surface area contributed by atoms with Crippen LogP contribution in [0.1, 0.15) is 61.0 Å². The van der Waals surface area contributed by atoms with E-state index in [9.17, 15) is 36.6 Å². The van der Waals surface area contributed by atoms with Crippen LogP contribution in [0.25, 0.3) is 22.4 Å². The zero-order chi connectivity index (χ0) is 55.5. The minimum atomic E-state index is -6.04. The van der Waals surface area contributed by atoms with E-state index in [1.807, 2.05) is 79.2 Å². The predicted molar refractivity (Wildman–Crippen MR) is 304 cm³/mol. The molecule has 9 rings (SSSR count). The normalized spacial score (nSPS) is 18.5. The number of carbonyl (C=O) groups excluding carboxylic acids is 1. The van der Waals surface area contributed by atoms with Gasteiger partial charge < -0.3 is 40.5 Å². The Kier molecular flexibility index (Phi) is 17.5. The molecular formula is C57H65ClF3N7O7S3. The SMILES string of the molecule is Cc1c(C(N)=O)c(-c2cccc(N3CCN(c4ccc(S(=O)(=O)N(c5ccc(N[C@H](CCN6CCC(O)CC6)CSc6ccccc6)c(S(=O)(=O)C(F)(F)F)c5)C5CCC(O)CC5)cc4)CC3)c2)c(-c2ccc(Cl)cc2)n1C. The van der Waals surface area contributed by atoms with Gasteiger partial charge in [0.25, 0.3) is 25.8 Å². The number of hydrogen-bond acceptors (Lipinski definition) is 12. The van der Waals surface area contributed by atoms with E-state index in [1.54, 1.807) is 24.3 Å². The summed E-state index contributed by atoms with van der Waals surface area (Å²) in [5.74, 6) is -0.161. The van der Waals surface area contributed by atoms with Crippen molar-refractivity contribution in [3.8, 4) is 22.4 Å². The second kappa shape index (κ2) is 23.9. The van der Waals surface area contributed by atoms with Gasteiger partial charge in [0.15, 0.2) is 0 Å². The highest BCUT2D eigenvalue weighted by Gasteiger charge is 2.49. The van der Waals surface area contributed by atoms with Gasteiger partial charge >= 0.3 is 5.51 Å². The molecule has 5 aromatic carbocycles. The fourth-order valence-corrected chi connectivity index (χ4v) is 14.7. The third-order valence-corrected chi connectivity index (χ3v) is 20.2. The zero-order valence-corrected chi connectivity index (χ0v) is 46.7. The van der Waals surface area contributed by atoms with Crippen molar-refractivity contribution in [2.45, 2.75) is 96.4 Å². The van der Waals surface area contributed by atoms with Gasteiger partial charge in [-0.05, 0) is 142 Å². The molecule has 0 spiro atoms. The number of sulfone groups is 1. The molecule has 21 heteroatoms. The molecule has 1 aromatic heterocycles. The summed E-state index contributed by atoms with van der Waals surface area (Å²) in [4.78, 5) is 19.2.